The zero-order valence-corrected chi connectivity index (χ0v) is 12.1. The molecular weight excluding hydrogens is 240 g/mol. The van der Waals surface area contributed by atoms with Crippen molar-refractivity contribution >= 4 is 0 Å². The average Bonchev–Trinajstić information content (AvgIpc) is 2.74. The van der Waals surface area contributed by atoms with Crippen LogP contribution in [-0.4, -0.2) is 22.0 Å². The van der Waals surface area contributed by atoms with E-state index in [1.165, 1.54) is 11.1 Å². The predicted molar refractivity (Wildman–Crippen MR) is 74.5 cm³/mol. The van der Waals surface area contributed by atoms with Crippen molar-refractivity contribution in [2.24, 2.45) is 7.05 Å². The first kappa shape index (κ1) is 13.6. The molecule has 0 aliphatic carbocycles. The number of hydrogen-bond acceptors (Lipinski definition) is 3. The summed E-state index contributed by atoms with van der Waals surface area (Å²) in [4.78, 5) is 0. The van der Waals surface area contributed by atoms with Crippen molar-refractivity contribution in [1.29, 1.82) is 0 Å². The minimum absolute atomic E-state index is 0.604. The molecule has 1 aromatic heterocycles. The Morgan fingerprint density at radius 3 is 2.42 bits per heavy atom. The van der Waals surface area contributed by atoms with Crippen molar-refractivity contribution in [3.8, 4) is 5.75 Å². The van der Waals surface area contributed by atoms with Gasteiger partial charge in [-0.15, -0.1) is 0 Å². The van der Waals surface area contributed by atoms with Gasteiger partial charge < -0.3 is 9.84 Å². The number of aromatic nitrogens is 2. The molecule has 1 atom stereocenters. The zero-order valence-electron chi connectivity index (χ0n) is 12.1. The third kappa shape index (κ3) is 2.36. The standard InChI is InChI=1S/C15H20N2O2/c1-9-6-11(3)12(7-10(9)2)15(18)14-13(19-5)8-16-17(14)4/h6-8,15,18H,1-5H3. The highest BCUT2D eigenvalue weighted by Gasteiger charge is 2.22. The van der Waals surface area contributed by atoms with Gasteiger partial charge in [-0.25, -0.2) is 0 Å². The highest BCUT2D eigenvalue weighted by atomic mass is 16.5. The van der Waals surface area contributed by atoms with E-state index < -0.39 is 6.10 Å². The zero-order chi connectivity index (χ0) is 14.2. The first-order valence-electron chi connectivity index (χ1n) is 6.27. The van der Waals surface area contributed by atoms with Gasteiger partial charge in [-0.05, 0) is 43.0 Å². The molecule has 1 unspecified atom stereocenters. The lowest BCUT2D eigenvalue weighted by molar-refractivity contribution is 0.203. The topological polar surface area (TPSA) is 47.3 Å². The molecule has 1 aromatic carbocycles. The summed E-state index contributed by atoms with van der Waals surface area (Å²) in [7, 11) is 3.39. The Labute approximate surface area is 113 Å². The van der Waals surface area contributed by atoms with Crippen molar-refractivity contribution < 1.29 is 9.84 Å². The number of ether oxygens (including phenoxy) is 1. The van der Waals surface area contributed by atoms with E-state index in [-0.39, 0.29) is 0 Å². The van der Waals surface area contributed by atoms with E-state index in [1.807, 2.05) is 19.9 Å². The number of nitrogens with zero attached hydrogens (tertiary/aromatic N) is 2. The van der Waals surface area contributed by atoms with Gasteiger partial charge in [-0.1, -0.05) is 12.1 Å². The van der Waals surface area contributed by atoms with Crippen molar-refractivity contribution in [3.63, 3.8) is 0 Å². The molecule has 2 aromatic rings. The van der Waals surface area contributed by atoms with Crippen LogP contribution in [0.2, 0.25) is 0 Å². The summed E-state index contributed by atoms with van der Waals surface area (Å²) in [6, 6.07) is 4.12. The molecule has 0 radical (unpaired) electrons. The Balaban J connectivity index is 2.52. The third-order valence-electron chi connectivity index (χ3n) is 3.61. The summed E-state index contributed by atoms with van der Waals surface area (Å²) in [5.41, 5.74) is 5.03. The van der Waals surface area contributed by atoms with Crippen LogP contribution in [0.1, 0.15) is 34.1 Å². The van der Waals surface area contributed by atoms with Gasteiger partial charge in [0.2, 0.25) is 0 Å². The van der Waals surface area contributed by atoms with E-state index in [2.05, 4.69) is 18.1 Å². The Hall–Kier alpha value is -1.81. The van der Waals surface area contributed by atoms with Crippen LogP contribution >= 0.6 is 0 Å². The number of methoxy groups -OCH3 is 1. The van der Waals surface area contributed by atoms with Crippen LogP contribution in [0.25, 0.3) is 0 Å². The van der Waals surface area contributed by atoms with Gasteiger partial charge in [0.05, 0.1) is 13.3 Å². The summed E-state index contributed by atoms with van der Waals surface area (Å²) < 4.78 is 6.91. The van der Waals surface area contributed by atoms with E-state index in [9.17, 15) is 5.11 Å². The third-order valence-corrected chi connectivity index (χ3v) is 3.61. The van der Waals surface area contributed by atoms with Gasteiger partial charge in [0.15, 0.2) is 5.75 Å². The quantitative estimate of drug-likeness (QED) is 0.922. The fourth-order valence-corrected chi connectivity index (χ4v) is 2.32. The van der Waals surface area contributed by atoms with Crippen molar-refractivity contribution in [2.45, 2.75) is 26.9 Å². The molecule has 2 rings (SSSR count). The fourth-order valence-electron chi connectivity index (χ4n) is 2.32. The molecule has 0 fully saturated rings. The van der Waals surface area contributed by atoms with E-state index in [0.717, 1.165) is 11.1 Å². The monoisotopic (exact) mass is 260 g/mol. The van der Waals surface area contributed by atoms with Crippen LogP contribution in [0.4, 0.5) is 0 Å². The average molecular weight is 260 g/mol. The van der Waals surface area contributed by atoms with E-state index >= 15 is 0 Å². The highest BCUT2D eigenvalue weighted by molar-refractivity contribution is 5.42. The van der Waals surface area contributed by atoms with Crippen LogP contribution in [0.3, 0.4) is 0 Å². The number of aliphatic hydroxyl groups is 1. The molecule has 1 heterocycles. The number of benzene rings is 1. The lowest BCUT2D eigenvalue weighted by atomic mass is 9.95. The molecule has 0 saturated carbocycles. The normalized spacial score (nSPS) is 12.5. The lowest BCUT2D eigenvalue weighted by Gasteiger charge is -2.17. The second-order valence-electron chi connectivity index (χ2n) is 4.92. The fraction of sp³-hybridized carbons (Fsp3) is 0.400. The molecule has 0 saturated heterocycles. The van der Waals surface area contributed by atoms with Gasteiger partial charge in [-0.3, -0.25) is 4.68 Å². The molecule has 19 heavy (non-hydrogen) atoms. The van der Waals surface area contributed by atoms with Crippen molar-refractivity contribution in [2.75, 3.05) is 7.11 Å². The van der Waals surface area contributed by atoms with Gasteiger partial charge in [0.1, 0.15) is 11.8 Å². The van der Waals surface area contributed by atoms with Crippen LogP contribution in [-0.2, 0) is 7.05 Å². The van der Waals surface area contributed by atoms with Crippen LogP contribution in [0.5, 0.6) is 5.75 Å². The summed E-state index contributed by atoms with van der Waals surface area (Å²) in [6.07, 6.45) is 0.885. The Kier molecular flexibility index (Phi) is 3.62. The minimum Gasteiger partial charge on any atom is -0.493 e. The van der Waals surface area contributed by atoms with Crippen LogP contribution in [0, 0.1) is 20.8 Å². The first-order valence-corrected chi connectivity index (χ1v) is 6.27. The van der Waals surface area contributed by atoms with Crippen molar-refractivity contribution in [1.82, 2.24) is 9.78 Å². The maximum Gasteiger partial charge on any atom is 0.162 e. The second kappa shape index (κ2) is 5.05. The lowest BCUT2D eigenvalue weighted by Crippen LogP contribution is -2.10. The molecule has 0 spiro atoms. The molecule has 102 valence electrons. The number of hydrogen-bond donors (Lipinski definition) is 1. The Morgan fingerprint density at radius 2 is 1.79 bits per heavy atom. The number of aryl methyl sites for hydroxylation is 4. The SMILES string of the molecule is COc1cnn(C)c1C(O)c1cc(C)c(C)cc1C. The van der Waals surface area contributed by atoms with Crippen molar-refractivity contribution in [3.05, 3.63) is 46.3 Å². The summed E-state index contributed by atoms with van der Waals surface area (Å²) in [6.45, 7) is 6.13. The largest absolute Gasteiger partial charge is 0.493 e. The van der Waals surface area contributed by atoms with Gasteiger partial charge in [0, 0.05) is 7.05 Å². The summed E-state index contributed by atoms with van der Waals surface area (Å²) in [5, 5.41) is 14.8. The number of aliphatic hydroxyl groups excluding tert-OH is 1. The predicted octanol–water partition coefficient (Wildman–Crippen LogP) is 2.44. The second-order valence-corrected chi connectivity index (χ2v) is 4.92. The van der Waals surface area contributed by atoms with Gasteiger partial charge >= 0.3 is 0 Å². The van der Waals surface area contributed by atoms with Crippen LogP contribution in [0.15, 0.2) is 18.3 Å². The molecule has 0 bridgehead atoms. The summed E-state index contributed by atoms with van der Waals surface area (Å²) in [5.74, 6) is 0.604. The Bertz CT molecular complexity index is 602. The molecule has 0 amide bonds. The van der Waals surface area contributed by atoms with Crippen LogP contribution < -0.4 is 4.74 Å². The first-order chi connectivity index (χ1) is 8.95. The smallest absolute Gasteiger partial charge is 0.162 e. The Morgan fingerprint density at radius 1 is 1.16 bits per heavy atom. The number of rotatable bonds is 3. The van der Waals surface area contributed by atoms with E-state index in [4.69, 9.17) is 4.74 Å². The molecule has 0 aliphatic rings. The van der Waals surface area contributed by atoms with E-state index in [1.54, 1.807) is 25.0 Å². The maximum atomic E-state index is 10.6. The van der Waals surface area contributed by atoms with Gasteiger partial charge in [-0.2, -0.15) is 5.10 Å². The van der Waals surface area contributed by atoms with Gasteiger partial charge in [0.25, 0.3) is 0 Å². The molecular formula is C15H20N2O2. The molecule has 0 aliphatic heterocycles. The van der Waals surface area contributed by atoms with E-state index in [0.29, 0.717) is 11.4 Å². The molecule has 4 nitrogen and oxygen atoms in total. The minimum atomic E-state index is -0.734. The molecule has 4 heteroatoms. The maximum absolute atomic E-state index is 10.6. The highest BCUT2D eigenvalue weighted by Crippen LogP contribution is 2.32. The summed E-state index contributed by atoms with van der Waals surface area (Å²) >= 11 is 0. The molecule has 1 N–H and O–H groups in total.